The predicted octanol–water partition coefficient (Wildman–Crippen LogP) is -0.890. The molecule has 0 saturated carbocycles. The normalized spacial score (nSPS) is 13.1. The maximum atomic E-state index is 11.7. The smallest absolute Gasteiger partial charge is 0.550 e. The van der Waals surface area contributed by atoms with Gasteiger partial charge in [0.2, 0.25) is 0 Å². The largest absolute Gasteiger partial charge is 1.00 e. The van der Waals surface area contributed by atoms with Crippen LogP contribution in [-0.4, -0.2) is 31.8 Å². The van der Waals surface area contributed by atoms with Gasteiger partial charge < -0.3 is 14.6 Å². The number of ether oxygens (including phenoxy) is 1. The van der Waals surface area contributed by atoms with Crippen molar-refractivity contribution < 1.29 is 58.8 Å². The van der Waals surface area contributed by atoms with Crippen LogP contribution in [0.2, 0.25) is 0 Å². The third-order valence-corrected chi connectivity index (χ3v) is 3.99. The molecule has 136 valence electrons. The molecule has 0 bridgehead atoms. The first-order valence-corrected chi connectivity index (χ1v) is 8.18. The van der Waals surface area contributed by atoms with Crippen LogP contribution in [0.1, 0.15) is 60.8 Å². The minimum atomic E-state index is -1.04. The van der Waals surface area contributed by atoms with Crippen LogP contribution in [0.5, 0.6) is 0 Å². The third-order valence-electron chi connectivity index (χ3n) is 3.99. The number of rotatable bonds is 12. The number of carboxylic acid groups (broad SMARTS) is 1. The van der Waals surface area contributed by atoms with E-state index < -0.39 is 17.3 Å². The van der Waals surface area contributed by atoms with Crippen LogP contribution < -0.4 is 34.7 Å². The summed E-state index contributed by atoms with van der Waals surface area (Å²) in [6.45, 7) is 11.7. The van der Waals surface area contributed by atoms with Crippen molar-refractivity contribution >= 4 is 11.9 Å². The van der Waals surface area contributed by atoms with Gasteiger partial charge in [0.15, 0.2) is 0 Å². The summed E-state index contributed by atoms with van der Waals surface area (Å²) in [6.07, 6.45) is 1.68. The Morgan fingerprint density at radius 2 is 1.62 bits per heavy atom. The van der Waals surface area contributed by atoms with Crippen molar-refractivity contribution in [2.24, 2.45) is 16.7 Å². The number of hydrogen-bond acceptors (Lipinski definition) is 6. The molecule has 1 atom stereocenters. The molecule has 0 saturated heterocycles. The summed E-state index contributed by atoms with van der Waals surface area (Å²) in [6, 6.07) is 0. The fourth-order valence-corrected chi connectivity index (χ4v) is 1.89. The van der Waals surface area contributed by atoms with Crippen molar-refractivity contribution in [2.75, 3.05) is 19.8 Å². The van der Waals surface area contributed by atoms with E-state index in [4.69, 9.17) is 14.5 Å². The van der Waals surface area contributed by atoms with Crippen LogP contribution in [0, 0.1) is 16.7 Å². The Bertz CT molecular complexity index is 381. The van der Waals surface area contributed by atoms with Crippen molar-refractivity contribution in [3.05, 3.63) is 0 Å². The number of carbonyl (C=O) groups excluding carboxylic acids is 2. The summed E-state index contributed by atoms with van der Waals surface area (Å²) in [5.41, 5.74) is -0.843. The Hall–Kier alpha value is -0.140. The molecule has 0 aromatic heterocycles. The van der Waals surface area contributed by atoms with Gasteiger partial charge in [-0.1, -0.05) is 27.7 Å². The van der Waals surface area contributed by atoms with E-state index in [-0.39, 0.29) is 60.8 Å². The van der Waals surface area contributed by atoms with Gasteiger partial charge in [-0.05, 0) is 44.4 Å². The zero-order valence-corrected chi connectivity index (χ0v) is 18.3. The Balaban J connectivity index is 0. The van der Waals surface area contributed by atoms with Crippen LogP contribution in [0.3, 0.4) is 0 Å². The van der Waals surface area contributed by atoms with Gasteiger partial charge in [0.1, 0.15) is 13.2 Å². The third kappa shape index (κ3) is 10.7. The first kappa shape index (κ1) is 26.1. The van der Waals surface area contributed by atoms with E-state index in [1.807, 2.05) is 41.5 Å². The molecular formula is C17H31NaO6. The molecule has 7 heteroatoms. The second-order valence-corrected chi connectivity index (χ2v) is 7.25. The molecule has 0 aromatic rings. The number of aliphatic carboxylic acids is 1. The second kappa shape index (κ2) is 12.3. The number of hydrogen-bond donors (Lipinski definition) is 0. The average molecular weight is 354 g/mol. The van der Waals surface area contributed by atoms with E-state index in [2.05, 4.69) is 0 Å². The van der Waals surface area contributed by atoms with E-state index in [0.717, 1.165) is 0 Å². The SMILES string of the molecule is CCC(CC(C)(C)COOCCOC(=O)C(C)(C)CC)C(=O)[O-].[Na+]. The quantitative estimate of drug-likeness (QED) is 0.149. The van der Waals surface area contributed by atoms with E-state index in [0.29, 0.717) is 19.3 Å². The maximum Gasteiger partial charge on any atom is 1.00 e. The van der Waals surface area contributed by atoms with Gasteiger partial charge in [-0.25, -0.2) is 9.78 Å². The molecule has 0 aliphatic heterocycles. The van der Waals surface area contributed by atoms with Crippen molar-refractivity contribution in [2.45, 2.75) is 60.8 Å². The van der Waals surface area contributed by atoms with Gasteiger partial charge in [0.25, 0.3) is 0 Å². The van der Waals surface area contributed by atoms with Crippen LogP contribution in [0.15, 0.2) is 0 Å². The van der Waals surface area contributed by atoms with Crippen LogP contribution in [0.25, 0.3) is 0 Å². The van der Waals surface area contributed by atoms with E-state index >= 15 is 0 Å². The topological polar surface area (TPSA) is 84.9 Å². The van der Waals surface area contributed by atoms with Gasteiger partial charge >= 0.3 is 35.5 Å². The molecule has 0 radical (unpaired) electrons. The van der Waals surface area contributed by atoms with Crippen LogP contribution in [0.4, 0.5) is 0 Å². The molecule has 1 unspecified atom stereocenters. The molecular weight excluding hydrogens is 323 g/mol. The summed E-state index contributed by atoms with van der Waals surface area (Å²) in [5.74, 6) is -1.79. The molecule has 6 nitrogen and oxygen atoms in total. The Morgan fingerprint density at radius 3 is 2.08 bits per heavy atom. The van der Waals surface area contributed by atoms with Crippen LogP contribution in [-0.2, 0) is 24.1 Å². The molecule has 0 aromatic carbocycles. The molecule has 0 fully saturated rings. The molecule has 0 aliphatic carbocycles. The summed E-state index contributed by atoms with van der Waals surface area (Å²) in [5, 5.41) is 11.0. The summed E-state index contributed by atoms with van der Waals surface area (Å²) in [7, 11) is 0. The predicted molar refractivity (Wildman–Crippen MR) is 84.1 cm³/mol. The molecule has 0 heterocycles. The first-order chi connectivity index (χ1) is 10.6. The van der Waals surface area contributed by atoms with Crippen molar-refractivity contribution in [3.63, 3.8) is 0 Å². The number of carboxylic acids is 1. The molecule has 0 N–H and O–H groups in total. The minimum absolute atomic E-state index is 0. The maximum absolute atomic E-state index is 11.7. The zero-order chi connectivity index (χ0) is 18.1. The molecule has 0 aliphatic rings. The first-order valence-electron chi connectivity index (χ1n) is 8.18. The van der Waals surface area contributed by atoms with Gasteiger partial charge in [-0.2, -0.15) is 0 Å². The Kier molecular flexibility index (Phi) is 13.3. The van der Waals surface area contributed by atoms with Gasteiger partial charge in [-0.3, -0.25) is 4.79 Å². The van der Waals surface area contributed by atoms with Crippen LogP contribution >= 0.6 is 0 Å². The summed E-state index contributed by atoms with van der Waals surface area (Å²) in [4.78, 5) is 32.8. The molecule has 24 heavy (non-hydrogen) atoms. The van der Waals surface area contributed by atoms with Gasteiger partial charge in [0.05, 0.1) is 12.0 Å². The molecule has 0 spiro atoms. The summed E-state index contributed by atoms with van der Waals surface area (Å²) >= 11 is 0. The van der Waals surface area contributed by atoms with Gasteiger partial charge in [-0.15, -0.1) is 0 Å². The zero-order valence-electron chi connectivity index (χ0n) is 16.3. The minimum Gasteiger partial charge on any atom is -0.550 e. The van der Waals surface area contributed by atoms with E-state index in [1.165, 1.54) is 0 Å². The monoisotopic (exact) mass is 354 g/mol. The van der Waals surface area contributed by atoms with Gasteiger partial charge in [0, 0.05) is 5.97 Å². The molecule has 0 amide bonds. The van der Waals surface area contributed by atoms with Crippen molar-refractivity contribution in [1.82, 2.24) is 0 Å². The second-order valence-electron chi connectivity index (χ2n) is 7.25. The number of esters is 1. The Labute approximate surface area is 167 Å². The Morgan fingerprint density at radius 1 is 1.04 bits per heavy atom. The van der Waals surface area contributed by atoms with Crippen molar-refractivity contribution in [3.8, 4) is 0 Å². The fourth-order valence-electron chi connectivity index (χ4n) is 1.89. The molecule has 0 rings (SSSR count). The average Bonchev–Trinajstić information content (AvgIpc) is 2.47. The van der Waals surface area contributed by atoms with E-state index in [9.17, 15) is 14.7 Å². The summed E-state index contributed by atoms with van der Waals surface area (Å²) < 4.78 is 5.11. The van der Waals surface area contributed by atoms with E-state index in [1.54, 1.807) is 0 Å². The number of carbonyl (C=O) groups is 2. The van der Waals surface area contributed by atoms with Crippen molar-refractivity contribution in [1.29, 1.82) is 0 Å². The fraction of sp³-hybridized carbons (Fsp3) is 0.882. The standard InChI is InChI=1S/C17H32O6.Na/c1-7-13(14(18)19)11-16(3,4)12-23-22-10-9-21-15(20)17(5,6)8-2;/h13H,7-12H2,1-6H3,(H,18,19);/q;+1/p-1.